The number of nitriles is 1. The molecule has 1 aromatic carbocycles. The summed E-state index contributed by atoms with van der Waals surface area (Å²) in [5.41, 5.74) is -0.265. The van der Waals surface area contributed by atoms with Crippen LogP contribution >= 0.6 is 12.4 Å². The molecule has 1 atom stereocenters. The Morgan fingerprint density at radius 3 is 2.43 bits per heavy atom. The highest BCUT2D eigenvalue weighted by molar-refractivity contribution is 7.89. The van der Waals surface area contributed by atoms with Crippen molar-refractivity contribution in [1.82, 2.24) is 10.0 Å². The van der Waals surface area contributed by atoms with Crippen LogP contribution in [-0.4, -0.2) is 27.5 Å². The van der Waals surface area contributed by atoms with Crippen LogP contribution in [0.1, 0.15) is 18.4 Å². The molecule has 1 aliphatic rings. The summed E-state index contributed by atoms with van der Waals surface area (Å²) in [5.74, 6) is -2.53. The van der Waals surface area contributed by atoms with Gasteiger partial charge in [-0.3, -0.25) is 0 Å². The van der Waals surface area contributed by atoms with Crippen molar-refractivity contribution in [3.8, 4) is 6.07 Å². The van der Waals surface area contributed by atoms with Gasteiger partial charge in [0, 0.05) is 12.6 Å². The highest BCUT2D eigenvalue weighted by atomic mass is 35.5. The molecule has 5 nitrogen and oxygen atoms in total. The van der Waals surface area contributed by atoms with E-state index in [1.54, 1.807) is 6.07 Å². The van der Waals surface area contributed by atoms with E-state index in [1.165, 1.54) is 0 Å². The van der Waals surface area contributed by atoms with Gasteiger partial charge in [-0.2, -0.15) is 5.26 Å². The molecule has 2 rings (SSSR count). The third-order valence-corrected chi connectivity index (χ3v) is 4.59. The van der Waals surface area contributed by atoms with Gasteiger partial charge in [-0.25, -0.2) is 21.9 Å². The quantitative estimate of drug-likeness (QED) is 0.870. The van der Waals surface area contributed by atoms with Crippen molar-refractivity contribution >= 4 is 22.4 Å². The van der Waals surface area contributed by atoms with Crippen LogP contribution in [0.3, 0.4) is 0 Å². The third kappa shape index (κ3) is 4.11. The Kier molecular flexibility index (Phi) is 6.04. The number of sulfonamides is 1. The molecule has 0 saturated carbocycles. The number of nitrogens with zero attached hydrogens (tertiary/aromatic N) is 1. The van der Waals surface area contributed by atoms with E-state index in [2.05, 4.69) is 10.0 Å². The fourth-order valence-electron chi connectivity index (χ4n) is 2.11. The molecule has 1 aromatic rings. The molecule has 1 fully saturated rings. The number of nitrogens with one attached hydrogen (secondary N) is 2. The minimum atomic E-state index is -4.30. The first-order valence-corrected chi connectivity index (χ1v) is 7.54. The number of hydrogen-bond acceptors (Lipinski definition) is 4. The Balaban J connectivity index is 0.00000220. The highest BCUT2D eigenvalue weighted by Crippen LogP contribution is 2.21. The van der Waals surface area contributed by atoms with Crippen LogP contribution < -0.4 is 10.0 Å². The molecule has 1 saturated heterocycles. The Bertz CT molecular complexity index is 632. The lowest BCUT2D eigenvalue weighted by Gasteiger charge is -2.23. The topological polar surface area (TPSA) is 82.0 Å². The molecule has 0 aromatic heterocycles. The molecule has 116 valence electrons. The second-order valence-electron chi connectivity index (χ2n) is 4.55. The summed E-state index contributed by atoms with van der Waals surface area (Å²) in [6, 6.07) is 2.57. The first kappa shape index (κ1) is 17.8. The lowest BCUT2D eigenvalue weighted by Crippen LogP contribution is -2.45. The lowest BCUT2D eigenvalue weighted by molar-refractivity contribution is 0.425. The van der Waals surface area contributed by atoms with Gasteiger partial charge in [0.25, 0.3) is 0 Å². The van der Waals surface area contributed by atoms with Crippen LogP contribution in [0.4, 0.5) is 8.78 Å². The smallest absolute Gasteiger partial charge is 0.246 e. The van der Waals surface area contributed by atoms with Crippen molar-refractivity contribution in [1.29, 1.82) is 5.26 Å². The lowest BCUT2D eigenvalue weighted by atomic mass is 10.1. The van der Waals surface area contributed by atoms with Crippen molar-refractivity contribution in [2.75, 3.05) is 13.1 Å². The van der Waals surface area contributed by atoms with Crippen LogP contribution in [-0.2, 0) is 10.0 Å². The van der Waals surface area contributed by atoms with Gasteiger partial charge in [-0.15, -0.1) is 12.4 Å². The molecule has 0 aliphatic carbocycles. The molecule has 1 heterocycles. The average molecular weight is 338 g/mol. The second-order valence-corrected chi connectivity index (χ2v) is 6.20. The molecular formula is C12H14ClF2N3O2S. The van der Waals surface area contributed by atoms with Crippen LogP contribution in [0.5, 0.6) is 0 Å². The summed E-state index contributed by atoms with van der Waals surface area (Å²) >= 11 is 0. The van der Waals surface area contributed by atoms with Gasteiger partial charge < -0.3 is 5.32 Å². The molecule has 21 heavy (non-hydrogen) atoms. The first-order chi connectivity index (χ1) is 9.44. The Labute approximate surface area is 127 Å². The number of hydrogen-bond donors (Lipinski definition) is 2. The zero-order valence-electron chi connectivity index (χ0n) is 10.9. The SMILES string of the molecule is Cl.N#Cc1cc(F)c(S(=O)(=O)NC2CCCNC2)c(F)c1. The molecule has 2 N–H and O–H groups in total. The molecule has 9 heteroatoms. The molecule has 1 unspecified atom stereocenters. The van der Waals surface area contributed by atoms with Crippen molar-refractivity contribution < 1.29 is 17.2 Å². The van der Waals surface area contributed by atoms with Gasteiger partial charge in [0.2, 0.25) is 10.0 Å². The van der Waals surface area contributed by atoms with Gasteiger partial charge in [0.05, 0.1) is 11.6 Å². The van der Waals surface area contributed by atoms with E-state index >= 15 is 0 Å². The summed E-state index contributed by atoms with van der Waals surface area (Å²) in [6.07, 6.45) is 1.39. The van der Waals surface area contributed by atoms with E-state index in [-0.39, 0.29) is 18.0 Å². The van der Waals surface area contributed by atoms with E-state index in [1.807, 2.05) is 0 Å². The predicted molar refractivity (Wildman–Crippen MR) is 74.5 cm³/mol. The van der Waals surface area contributed by atoms with E-state index in [0.717, 1.165) is 13.0 Å². The van der Waals surface area contributed by atoms with Gasteiger partial charge in [0.1, 0.15) is 11.6 Å². The molecule has 0 amide bonds. The summed E-state index contributed by atoms with van der Waals surface area (Å²) < 4.78 is 53.8. The van der Waals surface area contributed by atoms with Crippen LogP contribution in [0.2, 0.25) is 0 Å². The molecule has 0 radical (unpaired) electrons. The Morgan fingerprint density at radius 1 is 1.33 bits per heavy atom. The monoisotopic (exact) mass is 337 g/mol. The maximum absolute atomic E-state index is 13.7. The summed E-state index contributed by atoms with van der Waals surface area (Å²) in [6.45, 7) is 1.20. The van der Waals surface area contributed by atoms with E-state index in [0.29, 0.717) is 25.1 Å². The minimum absolute atomic E-state index is 0. The van der Waals surface area contributed by atoms with Crippen LogP contribution in [0.15, 0.2) is 17.0 Å². The van der Waals surface area contributed by atoms with Crippen molar-refractivity contribution in [3.05, 3.63) is 29.3 Å². The molecular weight excluding hydrogens is 324 g/mol. The van der Waals surface area contributed by atoms with Crippen molar-refractivity contribution in [2.24, 2.45) is 0 Å². The highest BCUT2D eigenvalue weighted by Gasteiger charge is 2.28. The number of benzene rings is 1. The fourth-order valence-corrected chi connectivity index (χ4v) is 3.50. The van der Waals surface area contributed by atoms with Crippen molar-refractivity contribution in [2.45, 2.75) is 23.8 Å². The standard InChI is InChI=1S/C12H13F2N3O2S.ClH/c13-10-4-8(6-15)5-11(14)12(10)20(18,19)17-9-2-1-3-16-7-9;/h4-5,9,16-17H,1-3,7H2;1H. The average Bonchev–Trinajstić information content (AvgIpc) is 2.37. The molecule has 0 spiro atoms. The largest absolute Gasteiger partial charge is 0.315 e. The Hall–Kier alpha value is -1.27. The fraction of sp³-hybridized carbons (Fsp3) is 0.417. The zero-order chi connectivity index (χ0) is 14.8. The van der Waals surface area contributed by atoms with Gasteiger partial charge in [-0.05, 0) is 31.5 Å². The minimum Gasteiger partial charge on any atom is -0.315 e. The maximum atomic E-state index is 13.7. The normalized spacial score (nSPS) is 18.6. The number of rotatable bonds is 3. The van der Waals surface area contributed by atoms with Crippen LogP contribution in [0.25, 0.3) is 0 Å². The first-order valence-electron chi connectivity index (χ1n) is 6.06. The summed E-state index contributed by atoms with van der Waals surface area (Å²) in [7, 11) is -4.30. The van der Waals surface area contributed by atoms with E-state index < -0.39 is 32.6 Å². The number of piperidine rings is 1. The third-order valence-electron chi connectivity index (χ3n) is 3.01. The molecule has 0 bridgehead atoms. The van der Waals surface area contributed by atoms with Gasteiger partial charge in [0.15, 0.2) is 4.90 Å². The second kappa shape index (κ2) is 7.13. The van der Waals surface area contributed by atoms with Crippen LogP contribution in [0, 0.1) is 23.0 Å². The predicted octanol–water partition coefficient (Wildman–Crippen LogP) is 1.29. The molecule has 1 aliphatic heterocycles. The van der Waals surface area contributed by atoms with Gasteiger partial charge >= 0.3 is 0 Å². The zero-order valence-corrected chi connectivity index (χ0v) is 12.5. The number of halogens is 3. The summed E-state index contributed by atoms with van der Waals surface area (Å²) in [5, 5.41) is 11.6. The maximum Gasteiger partial charge on any atom is 0.246 e. The van der Waals surface area contributed by atoms with Crippen molar-refractivity contribution in [3.63, 3.8) is 0 Å². The van der Waals surface area contributed by atoms with E-state index in [4.69, 9.17) is 5.26 Å². The van der Waals surface area contributed by atoms with Gasteiger partial charge in [-0.1, -0.05) is 0 Å². The van der Waals surface area contributed by atoms with E-state index in [9.17, 15) is 17.2 Å². The summed E-state index contributed by atoms with van der Waals surface area (Å²) in [4.78, 5) is -1.04. The Morgan fingerprint density at radius 2 is 1.95 bits per heavy atom.